The molecule has 1 aromatic heterocycles. The number of carboxylic acid groups (broad SMARTS) is 1. The van der Waals surface area contributed by atoms with E-state index in [4.69, 9.17) is 16.3 Å². The molecule has 1 aliphatic heterocycles. The Morgan fingerprint density at radius 3 is 2.50 bits per heavy atom. The molecule has 1 aliphatic rings. The number of aliphatic hydroxyl groups excluding tert-OH is 1. The maximum absolute atomic E-state index is 12.5. The van der Waals surface area contributed by atoms with Gasteiger partial charge in [0.05, 0.1) is 12.6 Å². The molecule has 2 atom stereocenters. The summed E-state index contributed by atoms with van der Waals surface area (Å²) in [6.45, 7) is 5.46. The second kappa shape index (κ2) is 11.6. The molecule has 2 heterocycles. The number of nitrogens with zero attached hydrogens (tertiary/aromatic N) is 5. The number of hydrogen-bond donors (Lipinski definition) is 4. The smallest absolute Gasteiger partial charge is 0.410 e. The Bertz CT molecular complexity index is 1080. The van der Waals surface area contributed by atoms with Gasteiger partial charge in [-0.3, -0.25) is 0 Å². The zero-order valence-corrected chi connectivity index (χ0v) is 21.5. The molecular weight excluding hydrogens is 490 g/mol. The van der Waals surface area contributed by atoms with E-state index < -0.39 is 29.7 Å². The van der Waals surface area contributed by atoms with Gasteiger partial charge in [0.1, 0.15) is 11.6 Å². The lowest BCUT2D eigenvalue weighted by Gasteiger charge is -2.39. The minimum Gasteiger partial charge on any atom is -0.480 e. The van der Waals surface area contributed by atoms with Crippen molar-refractivity contribution in [2.45, 2.75) is 44.9 Å². The van der Waals surface area contributed by atoms with E-state index >= 15 is 0 Å². The van der Waals surface area contributed by atoms with E-state index in [1.54, 1.807) is 33.9 Å². The van der Waals surface area contributed by atoms with Crippen LogP contribution in [0.5, 0.6) is 0 Å². The monoisotopic (exact) mass is 521 g/mol. The number of amides is 1. The van der Waals surface area contributed by atoms with Gasteiger partial charge >= 0.3 is 12.1 Å². The molecule has 0 radical (unpaired) electrons. The van der Waals surface area contributed by atoms with Crippen molar-refractivity contribution in [3.63, 3.8) is 0 Å². The van der Waals surface area contributed by atoms with Gasteiger partial charge in [-0.2, -0.15) is 15.0 Å². The Labute approximate surface area is 214 Å². The predicted octanol–water partition coefficient (Wildman–Crippen LogP) is 2.61. The molecule has 1 amide bonds. The normalized spacial score (nSPS) is 16.9. The summed E-state index contributed by atoms with van der Waals surface area (Å²) in [5.74, 6) is -0.585. The van der Waals surface area contributed by atoms with Crippen molar-refractivity contribution in [1.82, 2.24) is 19.9 Å². The predicted molar refractivity (Wildman–Crippen MR) is 135 cm³/mol. The van der Waals surface area contributed by atoms with Crippen molar-refractivity contribution >= 4 is 41.5 Å². The third kappa shape index (κ3) is 6.85. The van der Waals surface area contributed by atoms with Crippen LogP contribution >= 0.6 is 11.6 Å². The number of nitrogens with one attached hydrogen (secondary N) is 2. The Balaban J connectivity index is 1.88. The van der Waals surface area contributed by atoms with Crippen LogP contribution in [0.1, 0.15) is 38.8 Å². The molecule has 1 saturated heterocycles. The molecule has 1 fully saturated rings. The number of hydrogen-bond acceptors (Lipinski definition) is 10. The minimum atomic E-state index is -1.13. The first-order valence-electron chi connectivity index (χ1n) is 11.6. The van der Waals surface area contributed by atoms with E-state index in [1.807, 2.05) is 18.2 Å². The molecule has 36 heavy (non-hydrogen) atoms. The lowest BCUT2D eigenvalue weighted by atomic mass is 10.0. The van der Waals surface area contributed by atoms with E-state index in [2.05, 4.69) is 25.6 Å². The molecule has 2 aromatic rings. The lowest BCUT2D eigenvalue weighted by molar-refractivity contribution is -0.139. The number of benzene rings is 1. The van der Waals surface area contributed by atoms with Crippen LogP contribution in [0.3, 0.4) is 0 Å². The van der Waals surface area contributed by atoms with Gasteiger partial charge in [-0.05, 0) is 38.8 Å². The quantitative estimate of drug-likeness (QED) is 0.405. The highest BCUT2D eigenvalue weighted by Crippen LogP contribution is 2.29. The molecule has 0 saturated carbocycles. The SMILES string of the molecule is CNc1nc(NC(CCO)c2ccccc2Cl)nc(N2CCN(C(=O)OC(C)(C)C)CC2C(=O)O)n1. The number of piperazine rings is 1. The van der Waals surface area contributed by atoms with Gasteiger partial charge in [-0.1, -0.05) is 29.8 Å². The van der Waals surface area contributed by atoms with Crippen molar-refractivity contribution in [1.29, 1.82) is 0 Å². The third-order valence-corrected chi connectivity index (χ3v) is 5.77. The van der Waals surface area contributed by atoms with E-state index in [0.29, 0.717) is 11.4 Å². The Morgan fingerprint density at radius 1 is 1.19 bits per heavy atom. The average Bonchev–Trinajstić information content (AvgIpc) is 2.82. The first-order valence-corrected chi connectivity index (χ1v) is 11.9. The summed E-state index contributed by atoms with van der Waals surface area (Å²) in [5.41, 5.74) is 0.0616. The van der Waals surface area contributed by atoms with Crippen molar-refractivity contribution in [2.75, 3.05) is 48.8 Å². The Morgan fingerprint density at radius 2 is 1.89 bits per heavy atom. The topological polar surface area (TPSA) is 153 Å². The Hall–Kier alpha value is -3.38. The van der Waals surface area contributed by atoms with E-state index in [1.165, 1.54) is 9.80 Å². The van der Waals surface area contributed by atoms with Gasteiger partial charge in [-0.25, -0.2) is 9.59 Å². The van der Waals surface area contributed by atoms with E-state index in [0.717, 1.165) is 5.56 Å². The molecule has 12 nitrogen and oxygen atoms in total. The van der Waals surface area contributed by atoms with Crippen molar-refractivity contribution in [2.24, 2.45) is 0 Å². The number of aromatic nitrogens is 3. The van der Waals surface area contributed by atoms with Crippen LogP contribution in [0.2, 0.25) is 5.02 Å². The molecule has 196 valence electrons. The summed E-state index contributed by atoms with van der Waals surface area (Å²) < 4.78 is 5.40. The van der Waals surface area contributed by atoms with Gasteiger partial charge in [0, 0.05) is 31.8 Å². The number of aliphatic carboxylic acids is 1. The van der Waals surface area contributed by atoms with Gasteiger partial charge < -0.3 is 35.4 Å². The highest BCUT2D eigenvalue weighted by atomic mass is 35.5. The maximum Gasteiger partial charge on any atom is 0.410 e. The molecule has 0 aliphatic carbocycles. The summed E-state index contributed by atoms with van der Waals surface area (Å²) in [6, 6.07) is 5.75. The summed E-state index contributed by atoms with van der Waals surface area (Å²) in [7, 11) is 1.64. The van der Waals surface area contributed by atoms with E-state index in [9.17, 15) is 19.8 Å². The maximum atomic E-state index is 12.5. The van der Waals surface area contributed by atoms with Crippen LogP contribution in [-0.4, -0.2) is 87.1 Å². The number of halogens is 1. The molecule has 3 rings (SSSR count). The number of carbonyl (C=O) groups excluding carboxylic acids is 1. The van der Waals surface area contributed by atoms with Crippen LogP contribution in [0.25, 0.3) is 0 Å². The average molecular weight is 522 g/mol. The van der Waals surface area contributed by atoms with Crippen molar-refractivity contribution < 1.29 is 24.5 Å². The highest BCUT2D eigenvalue weighted by Gasteiger charge is 2.37. The fraction of sp³-hybridized carbons (Fsp3) is 0.522. The highest BCUT2D eigenvalue weighted by molar-refractivity contribution is 6.31. The summed E-state index contributed by atoms with van der Waals surface area (Å²) in [4.78, 5) is 40.8. The zero-order chi connectivity index (χ0) is 26.5. The molecule has 2 unspecified atom stereocenters. The van der Waals surface area contributed by atoms with Crippen LogP contribution in [0, 0.1) is 0 Å². The lowest BCUT2D eigenvalue weighted by Crippen LogP contribution is -2.59. The third-order valence-electron chi connectivity index (χ3n) is 5.42. The van der Waals surface area contributed by atoms with Crippen LogP contribution in [0.15, 0.2) is 24.3 Å². The molecule has 0 bridgehead atoms. The fourth-order valence-electron chi connectivity index (χ4n) is 3.74. The molecular formula is C23H32ClN7O5. The number of rotatable bonds is 8. The second-order valence-electron chi connectivity index (χ2n) is 9.24. The second-order valence-corrected chi connectivity index (χ2v) is 9.64. The largest absolute Gasteiger partial charge is 0.480 e. The number of ether oxygens (including phenoxy) is 1. The van der Waals surface area contributed by atoms with Crippen LogP contribution in [-0.2, 0) is 9.53 Å². The summed E-state index contributed by atoms with van der Waals surface area (Å²) in [6.07, 6.45) is -0.236. The van der Waals surface area contributed by atoms with Crippen molar-refractivity contribution in [3.8, 4) is 0 Å². The molecule has 4 N–H and O–H groups in total. The first kappa shape index (κ1) is 27.2. The molecule has 13 heteroatoms. The number of anilines is 3. The first-order chi connectivity index (χ1) is 17.0. The fourth-order valence-corrected chi connectivity index (χ4v) is 4.01. The van der Waals surface area contributed by atoms with Crippen molar-refractivity contribution in [3.05, 3.63) is 34.9 Å². The number of aliphatic hydroxyl groups is 1. The molecule has 0 spiro atoms. The summed E-state index contributed by atoms with van der Waals surface area (Å²) >= 11 is 6.36. The van der Waals surface area contributed by atoms with E-state index in [-0.39, 0.29) is 44.1 Å². The van der Waals surface area contributed by atoms with Gasteiger partial charge in [0.15, 0.2) is 0 Å². The minimum absolute atomic E-state index is 0.0969. The van der Waals surface area contributed by atoms with Gasteiger partial charge in [0.2, 0.25) is 17.8 Å². The zero-order valence-electron chi connectivity index (χ0n) is 20.7. The number of carbonyl (C=O) groups is 2. The summed E-state index contributed by atoms with van der Waals surface area (Å²) in [5, 5.41) is 26.1. The molecule has 1 aromatic carbocycles. The Kier molecular flexibility index (Phi) is 8.75. The van der Waals surface area contributed by atoms with Gasteiger partial charge in [-0.15, -0.1) is 0 Å². The van der Waals surface area contributed by atoms with Crippen LogP contribution < -0.4 is 15.5 Å². The van der Waals surface area contributed by atoms with Gasteiger partial charge in [0.25, 0.3) is 0 Å². The number of carboxylic acids is 1. The van der Waals surface area contributed by atoms with Crippen LogP contribution in [0.4, 0.5) is 22.6 Å². The standard InChI is InChI=1S/C23H32ClN7O5/c1-23(2,3)36-22(35)30-10-11-31(17(13-30)18(33)34)21-28-19(25-4)27-20(29-21)26-16(9-12-32)14-7-5-6-8-15(14)24/h5-8,16-17,32H,9-13H2,1-4H3,(H,33,34)(H2,25,26,27,28,29).